The van der Waals surface area contributed by atoms with E-state index in [-0.39, 0.29) is 0 Å². The molecule has 2 rings (SSSR count). The first-order valence-corrected chi connectivity index (χ1v) is 6.79. The summed E-state index contributed by atoms with van der Waals surface area (Å²) in [6.45, 7) is 0. The van der Waals surface area contributed by atoms with E-state index in [1.54, 1.807) is 24.0 Å². The van der Waals surface area contributed by atoms with Gasteiger partial charge in [-0.25, -0.2) is 4.98 Å². The highest BCUT2D eigenvalue weighted by Gasteiger charge is 1.99. The summed E-state index contributed by atoms with van der Waals surface area (Å²) in [6.07, 6.45) is 1.67. The Labute approximate surface area is 113 Å². The molecule has 4 heteroatoms. The van der Waals surface area contributed by atoms with Crippen LogP contribution < -0.4 is 0 Å². The Morgan fingerprint density at radius 3 is 2.94 bits per heavy atom. The van der Waals surface area contributed by atoms with E-state index in [2.05, 4.69) is 39.1 Å². The van der Waals surface area contributed by atoms with Crippen LogP contribution in [0.3, 0.4) is 0 Å². The van der Waals surface area contributed by atoms with E-state index in [0.717, 1.165) is 15.3 Å². The molecule has 1 aromatic heterocycles. The molecule has 0 N–H and O–H groups in total. The Hall–Kier alpha value is -1.31. The summed E-state index contributed by atoms with van der Waals surface area (Å²) in [5.74, 6) is 0.849. The number of benzene rings is 1. The van der Waals surface area contributed by atoms with E-state index in [1.165, 1.54) is 5.56 Å². The summed E-state index contributed by atoms with van der Waals surface area (Å²) in [6, 6.07) is 13.8. The van der Waals surface area contributed by atoms with Crippen molar-refractivity contribution in [3.8, 4) is 6.07 Å². The van der Waals surface area contributed by atoms with Gasteiger partial charge in [0.1, 0.15) is 0 Å². The Kier molecular flexibility index (Phi) is 4.18. The van der Waals surface area contributed by atoms with Crippen LogP contribution >= 0.6 is 27.7 Å². The average Bonchev–Trinajstić information content (AvgIpc) is 2.37. The fraction of sp³-hybridized carbons (Fsp3) is 0.0769. The second-order valence-corrected chi connectivity index (χ2v) is 5.32. The molecule has 0 amide bonds. The molecule has 0 saturated carbocycles. The highest BCUT2D eigenvalue weighted by Crippen LogP contribution is 2.22. The van der Waals surface area contributed by atoms with Crippen LogP contribution in [0.1, 0.15) is 11.1 Å². The van der Waals surface area contributed by atoms with Crippen molar-refractivity contribution in [2.24, 2.45) is 0 Å². The number of hydrogen-bond donors (Lipinski definition) is 0. The molecule has 0 unspecified atom stereocenters. The Morgan fingerprint density at radius 2 is 2.18 bits per heavy atom. The highest BCUT2D eigenvalue weighted by atomic mass is 79.9. The van der Waals surface area contributed by atoms with E-state index >= 15 is 0 Å². The van der Waals surface area contributed by atoms with Gasteiger partial charge in [-0.15, -0.1) is 11.8 Å². The molecule has 2 aromatic rings. The number of halogens is 1. The number of nitrogens with zero attached hydrogens (tertiary/aromatic N) is 2. The van der Waals surface area contributed by atoms with Crippen molar-refractivity contribution in [2.75, 3.05) is 0 Å². The molecule has 0 atom stereocenters. The van der Waals surface area contributed by atoms with Gasteiger partial charge >= 0.3 is 0 Å². The molecule has 0 aliphatic heterocycles. The number of nitriles is 1. The average molecular weight is 305 g/mol. The Morgan fingerprint density at radius 1 is 1.29 bits per heavy atom. The number of pyridine rings is 1. The summed E-state index contributed by atoms with van der Waals surface area (Å²) in [7, 11) is 0. The lowest BCUT2D eigenvalue weighted by Gasteiger charge is -2.02. The topological polar surface area (TPSA) is 36.7 Å². The smallest absolute Gasteiger partial charge is 0.0993 e. The van der Waals surface area contributed by atoms with Gasteiger partial charge in [-0.2, -0.15) is 5.26 Å². The Bertz CT molecular complexity index is 563. The van der Waals surface area contributed by atoms with E-state index < -0.39 is 0 Å². The van der Waals surface area contributed by atoms with Gasteiger partial charge in [-0.1, -0.05) is 28.1 Å². The van der Waals surface area contributed by atoms with Crippen LogP contribution in [0, 0.1) is 11.3 Å². The van der Waals surface area contributed by atoms with Crippen molar-refractivity contribution in [3.63, 3.8) is 0 Å². The SMILES string of the molecule is N#Cc1ccnc(SCc2cccc(Br)c2)c1. The summed E-state index contributed by atoms with van der Waals surface area (Å²) >= 11 is 5.07. The van der Waals surface area contributed by atoms with E-state index in [4.69, 9.17) is 5.26 Å². The maximum Gasteiger partial charge on any atom is 0.0993 e. The van der Waals surface area contributed by atoms with Gasteiger partial charge in [-0.05, 0) is 29.8 Å². The van der Waals surface area contributed by atoms with Gasteiger partial charge < -0.3 is 0 Å². The summed E-state index contributed by atoms with van der Waals surface area (Å²) in [4.78, 5) is 4.22. The van der Waals surface area contributed by atoms with Crippen molar-refractivity contribution in [2.45, 2.75) is 10.8 Å². The number of aromatic nitrogens is 1. The molecule has 0 saturated heterocycles. The molecular weight excluding hydrogens is 296 g/mol. The monoisotopic (exact) mass is 304 g/mol. The van der Waals surface area contributed by atoms with Crippen molar-refractivity contribution < 1.29 is 0 Å². The first-order chi connectivity index (χ1) is 8.28. The van der Waals surface area contributed by atoms with E-state index in [0.29, 0.717) is 5.56 Å². The van der Waals surface area contributed by atoms with Crippen LogP contribution in [0.5, 0.6) is 0 Å². The molecule has 1 heterocycles. The van der Waals surface area contributed by atoms with Crippen LogP contribution in [0.4, 0.5) is 0 Å². The Balaban J connectivity index is 2.05. The molecule has 0 bridgehead atoms. The molecule has 0 radical (unpaired) electrons. The molecule has 2 nitrogen and oxygen atoms in total. The standard InChI is InChI=1S/C13H9BrN2S/c14-12-3-1-2-11(6-12)9-17-13-7-10(8-15)4-5-16-13/h1-7H,9H2. The lowest BCUT2D eigenvalue weighted by molar-refractivity contribution is 1.12. The maximum absolute atomic E-state index is 8.79. The number of thioether (sulfide) groups is 1. The van der Waals surface area contributed by atoms with E-state index in [1.807, 2.05) is 18.2 Å². The zero-order valence-corrected chi connectivity index (χ0v) is 11.3. The molecule has 0 spiro atoms. The normalized spacial score (nSPS) is 9.88. The molecule has 0 fully saturated rings. The molecular formula is C13H9BrN2S. The molecule has 84 valence electrons. The van der Waals surface area contributed by atoms with Gasteiger partial charge in [0.2, 0.25) is 0 Å². The minimum Gasteiger partial charge on any atom is -0.250 e. The third-order valence-electron chi connectivity index (χ3n) is 2.14. The van der Waals surface area contributed by atoms with Crippen LogP contribution in [0.2, 0.25) is 0 Å². The largest absolute Gasteiger partial charge is 0.250 e. The third-order valence-corrected chi connectivity index (χ3v) is 3.63. The zero-order chi connectivity index (χ0) is 12.1. The summed E-state index contributed by atoms with van der Waals surface area (Å²) in [5.41, 5.74) is 1.88. The molecule has 0 aliphatic carbocycles. The second kappa shape index (κ2) is 5.85. The summed E-state index contributed by atoms with van der Waals surface area (Å²) < 4.78 is 1.08. The van der Waals surface area contributed by atoms with Gasteiger partial charge in [0.15, 0.2) is 0 Å². The van der Waals surface area contributed by atoms with Gasteiger partial charge in [-0.3, -0.25) is 0 Å². The predicted molar refractivity (Wildman–Crippen MR) is 72.7 cm³/mol. The maximum atomic E-state index is 8.79. The minimum absolute atomic E-state index is 0.650. The molecule has 0 aliphatic rings. The van der Waals surface area contributed by atoms with Crippen LogP contribution in [0.15, 0.2) is 52.1 Å². The first-order valence-electron chi connectivity index (χ1n) is 5.01. The van der Waals surface area contributed by atoms with Gasteiger partial charge in [0.25, 0.3) is 0 Å². The minimum atomic E-state index is 0.650. The zero-order valence-electron chi connectivity index (χ0n) is 8.93. The quantitative estimate of drug-likeness (QED) is 0.804. The third kappa shape index (κ3) is 3.58. The predicted octanol–water partition coefficient (Wildman–Crippen LogP) is 4.01. The van der Waals surface area contributed by atoms with Crippen LogP contribution in [0.25, 0.3) is 0 Å². The van der Waals surface area contributed by atoms with Crippen molar-refractivity contribution in [3.05, 3.63) is 58.2 Å². The summed E-state index contributed by atoms with van der Waals surface area (Å²) in [5, 5.41) is 9.67. The molecule has 1 aromatic carbocycles. The van der Waals surface area contributed by atoms with Crippen LogP contribution in [-0.4, -0.2) is 4.98 Å². The number of hydrogen-bond acceptors (Lipinski definition) is 3. The van der Waals surface area contributed by atoms with Crippen molar-refractivity contribution >= 4 is 27.7 Å². The van der Waals surface area contributed by atoms with Crippen LogP contribution in [-0.2, 0) is 5.75 Å². The first kappa shape index (κ1) is 12.2. The highest BCUT2D eigenvalue weighted by molar-refractivity contribution is 9.10. The molecule has 17 heavy (non-hydrogen) atoms. The second-order valence-electron chi connectivity index (χ2n) is 3.41. The van der Waals surface area contributed by atoms with Gasteiger partial charge in [0, 0.05) is 16.4 Å². The van der Waals surface area contributed by atoms with Crippen molar-refractivity contribution in [1.82, 2.24) is 4.98 Å². The van der Waals surface area contributed by atoms with E-state index in [9.17, 15) is 0 Å². The van der Waals surface area contributed by atoms with Gasteiger partial charge in [0.05, 0.1) is 16.7 Å². The fourth-order valence-electron chi connectivity index (χ4n) is 1.34. The fourth-order valence-corrected chi connectivity index (χ4v) is 2.63. The lowest BCUT2D eigenvalue weighted by atomic mass is 10.2. The van der Waals surface area contributed by atoms with Crippen molar-refractivity contribution in [1.29, 1.82) is 5.26 Å². The number of rotatable bonds is 3. The lowest BCUT2D eigenvalue weighted by Crippen LogP contribution is -1.84.